The molecule has 3 heterocycles. The molecule has 3 fully saturated rings. The van der Waals surface area contributed by atoms with Crippen molar-refractivity contribution in [2.24, 2.45) is 5.92 Å². The SMILES string of the molecule is N#Cc1cccc(CN2CCC(N3CCC[C@H](C(=O)N4CCOCC4)C3)CC2)c1. The summed E-state index contributed by atoms with van der Waals surface area (Å²) >= 11 is 0. The first-order valence-corrected chi connectivity index (χ1v) is 11.0. The number of nitriles is 1. The van der Waals surface area contributed by atoms with Gasteiger partial charge in [-0.3, -0.25) is 14.6 Å². The third kappa shape index (κ3) is 5.16. The zero-order valence-corrected chi connectivity index (χ0v) is 17.3. The van der Waals surface area contributed by atoms with E-state index >= 15 is 0 Å². The summed E-state index contributed by atoms with van der Waals surface area (Å²) < 4.78 is 5.39. The van der Waals surface area contributed by atoms with E-state index in [1.54, 1.807) is 0 Å². The van der Waals surface area contributed by atoms with Gasteiger partial charge in [0.2, 0.25) is 5.91 Å². The number of morpholine rings is 1. The maximum absolute atomic E-state index is 12.9. The molecule has 1 amide bonds. The zero-order chi connectivity index (χ0) is 20.1. The van der Waals surface area contributed by atoms with Crippen LogP contribution in [0.1, 0.15) is 36.8 Å². The minimum Gasteiger partial charge on any atom is -0.378 e. The number of benzene rings is 1. The van der Waals surface area contributed by atoms with E-state index in [1.165, 1.54) is 5.56 Å². The van der Waals surface area contributed by atoms with Crippen molar-refractivity contribution in [2.75, 3.05) is 52.5 Å². The molecular formula is C23H32N4O2. The highest BCUT2D eigenvalue weighted by molar-refractivity contribution is 5.79. The molecule has 3 aliphatic rings. The summed E-state index contributed by atoms with van der Waals surface area (Å²) in [5.41, 5.74) is 1.96. The van der Waals surface area contributed by atoms with Gasteiger partial charge >= 0.3 is 0 Å². The molecule has 1 aromatic carbocycles. The highest BCUT2D eigenvalue weighted by Gasteiger charge is 2.33. The molecule has 0 radical (unpaired) electrons. The Balaban J connectivity index is 1.26. The maximum atomic E-state index is 12.9. The second kappa shape index (κ2) is 9.71. The minimum atomic E-state index is 0.161. The fourth-order valence-corrected chi connectivity index (χ4v) is 5.02. The molecule has 1 atom stereocenters. The first-order valence-electron chi connectivity index (χ1n) is 11.0. The smallest absolute Gasteiger partial charge is 0.227 e. The van der Waals surface area contributed by atoms with E-state index in [9.17, 15) is 4.79 Å². The summed E-state index contributed by atoms with van der Waals surface area (Å²) in [6, 6.07) is 10.8. The van der Waals surface area contributed by atoms with Gasteiger partial charge in [0.05, 0.1) is 30.8 Å². The number of likely N-dealkylation sites (tertiary alicyclic amines) is 2. The minimum absolute atomic E-state index is 0.161. The average molecular weight is 397 g/mol. The van der Waals surface area contributed by atoms with Crippen molar-refractivity contribution in [1.29, 1.82) is 5.26 Å². The summed E-state index contributed by atoms with van der Waals surface area (Å²) in [5, 5.41) is 9.09. The van der Waals surface area contributed by atoms with Crippen LogP contribution in [-0.2, 0) is 16.1 Å². The van der Waals surface area contributed by atoms with Gasteiger partial charge in [-0.1, -0.05) is 12.1 Å². The Morgan fingerprint density at radius 3 is 2.66 bits per heavy atom. The summed E-state index contributed by atoms with van der Waals surface area (Å²) in [5.74, 6) is 0.501. The number of rotatable bonds is 4. The van der Waals surface area contributed by atoms with Crippen molar-refractivity contribution in [3.63, 3.8) is 0 Å². The van der Waals surface area contributed by atoms with Crippen molar-refractivity contribution >= 4 is 5.91 Å². The molecule has 1 aromatic rings. The molecule has 0 spiro atoms. The number of carbonyl (C=O) groups excluding carboxylic acids is 1. The number of ether oxygens (including phenoxy) is 1. The first-order chi connectivity index (χ1) is 14.2. The van der Waals surface area contributed by atoms with Crippen molar-refractivity contribution in [3.05, 3.63) is 35.4 Å². The largest absolute Gasteiger partial charge is 0.378 e. The Morgan fingerprint density at radius 2 is 1.90 bits per heavy atom. The second-order valence-corrected chi connectivity index (χ2v) is 8.59. The number of hydrogen-bond acceptors (Lipinski definition) is 5. The van der Waals surface area contributed by atoms with Crippen LogP contribution in [-0.4, -0.2) is 79.1 Å². The lowest BCUT2D eigenvalue weighted by Gasteiger charge is -2.43. The number of piperidine rings is 2. The van der Waals surface area contributed by atoms with Crippen LogP contribution in [0, 0.1) is 17.2 Å². The van der Waals surface area contributed by atoms with Gasteiger partial charge in [-0.15, -0.1) is 0 Å². The normalized spacial score (nSPS) is 24.9. The van der Waals surface area contributed by atoms with E-state index in [2.05, 4.69) is 21.9 Å². The van der Waals surface area contributed by atoms with E-state index < -0.39 is 0 Å². The van der Waals surface area contributed by atoms with Crippen LogP contribution in [0.5, 0.6) is 0 Å². The predicted molar refractivity (Wildman–Crippen MR) is 111 cm³/mol. The molecular weight excluding hydrogens is 364 g/mol. The molecule has 0 N–H and O–H groups in total. The van der Waals surface area contributed by atoms with Gasteiger partial charge in [-0.2, -0.15) is 5.26 Å². The van der Waals surface area contributed by atoms with Crippen molar-refractivity contribution in [2.45, 2.75) is 38.3 Å². The summed E-state index contributed by atoms with van der Waals surface area (Å²) in [7, 11) is 0. The third-order valence-corrected chi connectivity index (χ3v) is 6.66. The van der Waals surface area contributed by atoms with E-state index in [-0.39, 0.29) is 5.92 Å². The monoisotopic (exact) mass is 396 g/mol. The highest BCUT2D eigenvalue weighted by Crippen LogP contribution is 2.26. The molecule has 4 rings (SSSR count). The van der Waals surface area contributed by atoms with Gasteiger partial charge in [0.1, 0.15) is 0 Å². The molecule has 3 saturated heterocycles. The second-order valence-electron chi connectivity index (χ2n) is 8.59. The van der Waals surface area contributed by atoms with Crippen LogP contribution in [0.3, 0.4) is 0 Å². The lowest BCUT2D eigenvalue weighted by molar-refractivity contribution is -0.142. The topological polar surface area (TPSA) is 59.8 Å². The Bertz CT molecular complexity index is 733. The molecule has 0 saturated carbocycles. The van der Waals surface area contributed by atoms with Gasteiger partial charge in [0, 0.05) is 32.2 Å². The Kier molecular flexibility index (Phi) is 6.81. The van der Waals surface area contributed by atoms with Crippen molar-refractivity contribution in [3.8, 4) is 6.07 Å². The molecule has 156 valence electrons. The molecule has 3 aliphatic heterocycles. The van der Waals surface area contributed by atoms with E-state index in [0.29, 0.717) is 25.2 Å². The fraction of sp³-hybridized carbons (Fsp3) is 0.652. The Morgan fingerprint density at radius 1 is 1.10 bits per heavy atom. The van der Waals surface area contributed by atoms with Crippen LogP contribution >= 0.6 is 0 Å². The predicted octanol–water partition coefficient (Wildman–Crippen LogP) is 2.09. The van der Waals surface area contributed by atoms with Crippen LogP contribution < -0.4 is 0 Å². The van der Waals surface area contributed by atoms with Crippen LogP contribution in [0.4, 0.5) is 0 Å². The first kappa shape index (κ1) is 20.3. The molecule has 0 bridgehead atoms. The van der Waals surface area contributed by atoms with Gasteiger partial charge in [-0.25, -0.2) is 0 Å². The molecule has 6 heteroatoms. The quantitative estimate of drug-likeness (QED) is 0.780. The summed E-state index contributed by atoms with van der Waals surface area (Å²) in [4.78, 5) is 20.0. The van der Waals surface area contributed by atoms with E-state index in [4.69, 9.17) is 10.00 Å². The molecule has 29 heavy (non-hydrogen) atoms. The highest BCUT2D eigenvalue weighted by atomic mass is 16.5. The fourth-order valence-electron chi connectivity index (χ4n) is 5.02. The number of amides is 1. The van der Waals surface area contributed by atoms with E-state index in [0.717, 1.165) is 77.1 Å². The molecule has 6 nitrogen and oxygen atoms in total. The van der Waals surface area contributed by atoms with Gasteiger partial charge in [0.15, 0.2) is 0 Å². The van der Waals surface area contributed by atoms with Crippen LogP contribution in [0.15, 0.2) is 24.3 Å². The van der Waals surface area contributed by atoms with Gasteiger partial charge in [-0.05, 0) is 63.0 Å². The zero-order valence-electron chi connectivity index (χ0n) is 17.3. The van der Waals surface area contributed by atoms with Crippen LogP contribution in [0.2, 0.25) is 0 Å². The number of carbonyl (C=O) groups is 1. The number of hydrogen-bond donors (Lipinski definition) is 0. The van der Waals surface area contributed by atoms with Crippen molar-refractivity contribution in [1.82, 2.24) is 14.7 Å². The molecule has 0 aliphatic carbocycles. The number of nitrogens with zero attached hydrogens (tertiary/aromatic N) is 4. The Hall–Kier alpha value is -1.94. The van der Waals surface area contributed by atoms with E-state index in [1.807, 2.05) is 23.1 Å². The summed E-state index contributed by atoms with van der Waals surface area (Å²) in [6.45, 7) is 7.99. The van der Waals surface area contributed by atoms with Crippen LogP contribution in [0.25, 0.3) is 0 Å². The lowest BCUT2D eigenvalue weighted by Crippen LogP contribution is -2.52. The Labute approximate surface area is 174 Å². The van der Waals surface area contributed by atoms with Gasteiger partial charge < -0.3 is 9.64 Å². The molecule has 0 unspecified atom stereocenters. The average Bonchev–Trinajstić information content (AvgIpc) is 2.80. The standard InChI is InChI=1S/C23H32N4O2/c24-16-19-3-1-4-20(15-19)17-25-9-6-22(7-10-25)27-8-2-5-21(18-27)23(28)26-11-13-29-14-12-26/h1,3-4,15,21-22H,2,5-14,17-18H2/t21-/m0/s1. The third-order valence-electron chi connectivity index (χ3n) is 6.66. The maximum Gasteiger partial charge on any atom is 0.227 e. The lowest BCUT2D eigenvalue weighted by atomic mass is 9.92. The van der Waals surface area contributed by atoms with Crippen molar-refractivity contribution < 1.29 is 9.53 Å². The van der Waals surface area contributed by atoms with Gasteiger partial charge in [0.25, 0.3) is 0 Å². The summed E-state index contributed by atoms with van der Waals surface area (Å²) in [6.07, 6.45) is 4.48. The molecule has 0 aromatic heterocycles.